The molecule has 0 saturated carbocycles. The Kier molecular flexibility index (Phi) is 10.4. The fraction of sp³-hybridized carbons (Fsp3) is 0.682. The van der Waals surface area contributed by atoms with Crippen molar-refractivity contribution >= 4 is 23.9 Å². The van der Waals surface area contributed by atoms with Crippen LogP contribution in [-0.4, -0.2) is 94.2 Å². The van der Waals surface area contributed by atoms with Crippen molar-refractivity contribution in [3.63, 3.8) is 0 Å². The lowest BCUT2D eigenvalue weighted by Gasteiger charge is -2.46. The topological polar surface area (TPSA) is 121 Å². The van der Waals surface area contributed by atoms with Crippen molar-refractivity contribution in [3.8, 4) is 0 Å². The van der Waals surface area contributed by atoms with E-state index in [0.29, 0.717) is 0 Å². The van der Waals surface area contributed by atoms with Gasteiger partial charge in [0.2, 0.25) is 16.1 Å². The molecule has 0 aromatic heterocycles. The number of morpholine rings is 1. The maximum Gasteiger partial charge on any atom is 0.474 e. The minimum absolute atomic E-state index is 0.0429. The Morgan fingerprint density at radius 3 is 2.21 bits per heavy atom. The molecule has 2 aliphatic rings. The first-order valence-electron chi connectivity index (χ1n) is 12.2. The van der Waals surface area contributed by atoms with E-state index in [4.69, 9.17) is 18.3 Å². The first-order valence-corrected chi connectivity index (χ1v) is 15.1. The summed E-state index contributed by atoms with van der Waals surface area (Å²) < 4.78 is 118. The number of carbonyl (C=O) groups is 1. The Bertz CT molecular complexity index is 1120. The molecule has 39 heavy (non-hydrogen) atoms. The molecule has 1 amide bonds. The number of ether oxygens (including phenoxy) is 2. The second kappa shape index (κ2) is 12.8. The van der Waals surface area contributed by atoms with Gasteiger partial charge in [-0.05, 0) is 51.0 Å². The Labute approximate surface area is 223 Å². The van der Waals surface area contributed by atoms with Crippen molar-refractivity contribution in [1.29, 1.82) is 0 Å². The smallest absolute Gasteiger partial charge is 0.434 e. The van der Waals surface area contributed by atoms with Crippen molar-refractivity contribution in [3.05, 3.63) is 30.1 Å². The summed E-state index contributed by atoms with van der Waals surface area (Å²) in [7, 11) is -8.22. The highest BCUT2D eigenvalue weighted by atomic mass is 32.2. The molecular weight excluding hydrogens is 575 g/mol. The maximum atomic E-state index is 13.5. The highest BCUT2D eigenvalue weighted by Gasteiger charge is 2.48. The average Bonchev–Trinajstić information content (AvgIpc) is 2.87. The summed E-state index contributed by atoms with van der Waals surface area (Å²) in [6.07, 6.45) is -8.77. The molecule has 2 saturated heterocycles. The van der Waals surface area contributed by atoms with E-state index < -0.39 is 54.2 Å². The second-order valence-corrected chi connectivity index (χ2v) is 12.4. The van der Waals surface area contributed by atoms with Crippen molar-refractivity contribution in [1.82, 2.24) is 9.21 Å². The largest absolute Gasteiger partial charge is 0.474 e. The van der Waals surface area contributed by atoms with Gasteiger partial charge in [-0.2, -0.15) is 17.5 Å². The number of phosphoric acid groups is 1. The Morgan fingerprint density at radius 1 is 1.08 bits per heavy atom. The van der Waals surface area contributed by atoms with Gasteiger partial charge in [0, 0.05) is 26.2 Å². The summed E-state index contributed by atoms with van der Waals surface area (Å²) in [5.74, 6) is -0.580. The zero-order valence-corrected chi connectivity index (χ0v) is 23.1. The van der Waals surface area contributed by atoms with E-state index in [0.717, 1.165) is 29.2 Å². The molecule has 1 aromatic carbocycles. The van der Waals surface area contributed by atoms with Gasteiger partial charge in [0.25, 0.3) is 0 Å². The van der Waals surface area contributed by atoms with Crippen molar-refractivity contribution in [2.24, 2.45) is 0 Å². The van der Waals surface area contributed by atoms with Gasteiger partial charge in [0.15, 0.2) is 0 Å². The van der Waals surface area contributed by atoms with Gasteiger partial charge in [0.1, 0.15) is 12.4 Å². The quantitative estimate of drug-likeness (QED) is 0.288. The zero-order valence-electron chi connectivity index (χ0n) is 21.4. The van der Waals surface area contributed by atoms with E-state index in [1.165, 1.54) is 18.2 Å². The molecule has 2 heterocycles. The van der Waals surface area contributed by atoms with E-state index in [1.54, 1.807) is 0 Å². The average molecular weight is 607 g/mol. The Hall–Kier alpha value is -1.81. The lowest BCUT2D eigenvalue weighted by Crippen LogP contribution is -2.58. The van der Waals surface area contributed by atoms with Gasteiger partial charge in [-0.15, -0.1) is 0 Å². The van der Waals surface area contributed by atoms with Gasteiger partial charge in [-0.1, -0.05) is 0 Å². The van der Waals surface area contributed by atoms with Crippen LogP contribution in [0.15, 0.2) is 29.2 Å². The first-order chi connectivity index (χ1) is 18.2. The number of benzene rings is 1. The van der Waals surface area contributed by atoms with Crippen LogP contribution >= 0.6 is 7.82 Å². The molecule has 2 fully saturated rings. The third kappa shape index (κ3) is 8.12. The molecule has 1 atom stereocenters. The minimum Gasteiger partial charge on any atom is -0.434 e. The lowest BCUT2D eigenvalue weighted by molar-refractivity contribution is -0.214. The molecule has 222 valence electrons. The monoisotopic (exact) mass is 606 g/mol. The number of hydrogen-bond acceptors (Lipinski definition) is 9. The number of sulfonamides is 1. The summed E-state index contributed by atoms with van der Waals surface area (Å²) in [5, 5.41) is 0. The van der Waals surface area contributed by atoms with Crippen LogP contribution in [0.1, 0.15) is 26.7 Å². The van der Waals surface area contributed by atoms with Gasteiger partial charge in [0.05, 0.1) is 30.3 Å². The Balaban J connectivity index is 1.61. The molecular formula is C22H31F4N2O9PS. The summed E-state index contributed by atoms with van der Waals surface area (Å²) in [6.45, 7) is 1.27. The van der Waals surface area contributed by atoms with Crippen LogP contribution < -0.4 is 0 Å². The summed E-state index contributed by atoms with van der Waals surface area (Å²) in [6, 6.07) is 4.40. The highest BCUT2D eigenvalue weighted by molar-refractivity contribution is 7.89. The maximum absolute atomic E-state index is 13.5. The predicted octanol–water partition coefficient (Wildman–Crippen LogP) is 3.95. The fourth-order valence-electron chi connectivity index (χ4n) is 4.15. The number of carbonyl (C=O) groups excluding carboxylic acids is 1. The van der Waals surface area contributed by atoms with Crippen LogP contribution in [0.4, 0.5) is 22.4 Å². The summed E-state index contributed by atoms with van der Waals surface area (Å²) in [5.41, 5.74) is -0.962. The van der Waals surface area contributed by atoms with Crippen LogP contribution in [-0.2, 0) is 37.6 Å². The number of phosphoric ester groups is 1. The van der Waals surface area contributed by atoms with Crippen LogP contribution in [0.5, 0.6) is 0 Å². The normalized spacial score (nSPS) is 19.7. The molecule has 2 aliphatic heterocycles. The first kappa shape index (κ1) is 31.7. The van der Waals surface area contributed by atoms with Crippen LogP contribution in [0.25, 0.3) is 0 Å². The van der Waals surface area contributed by atoms with E-state index >= 15 is 0 Å². The van der Waals surface area contributed by atoms with Crippen LogP contribution in [0.2, 0.25) is 0 Å². The molecule has 11 nitrogen and oxygen atoms in total. The number of alkyl halides is 3. The molecule has 3 rings (SSSR count). The van der Waals surface area contributed by atoms with Crippen LogP contribution in [0.3, 0.4) is 0 Å². The van der Waals surface area contributed by atoms with Gasteiger partial charge in [-0.3, -0.25) is 13.6 Å². The number of halogens is 4. The van der Waals surface area contributed by atoms with Gasteiger partial charge in [-0.25, -0.2) is 22.2 Å². The van der Waals surface area contributed by atoms with Crippen molar-refractivity contribution in [2.45, 2.75) is 49.5 Å². The van der Waals surface area contributed by atoms with Gasteiger partial charge >= 0.3 is 20.1 Å². The number of likely N-dealkylation sites (tertiary alicyclic amines) is 1. The van der Waals surface area contributed by atoms with Crippen LogP contribution in [0, 0.1) is 5.82 Å². The van der Waals surface area contributed by atoms with E-state index in [2.05, 4.69) is 4.74 Å². The fourth-order valence-corrected chi connectivity index (χ4v) is 6.82. The molecule has 0 bridgehead atoms. The third-order valence-electron chi connectivity index (χ3n) is 6.16. The molecule has 0 aliphatic carbocycles. The van der Waals surface area contributed by atoms with E-state index in [9.17, 15) is 35.3 Å². The van der Waals surface area contributed by atoms with E-state index in [1.807, 2.05) is 0 Å². The minimum atomic E-state index is -5.03. The molecule has 0 radical (unpaired) electrons. The number of hydrogen-bond donors (Lipinski definition) is 0. The number of piperidine rings is 1. The van der Waals surface area contributed by atoms with Crippen molar-refractivity contribution in [2.75, 3.05) is 52.6 Å². The second-order valence-electron chi connectivity index (χ2n) is 8.80. The summed E-state index contributed by atoms with van der Waals surface area (Å²) in [4.78, 5) is 13.5. The molecule has 0 N–H and O–H groups in total. The molecule has 17 heteroatoms. The number of amides is 1. The molecule has 1 spiro atoms. The van der Waals surface area contributed by atoms with E-state index in [-0.39, 0.29) is 63.7 Å². The highest BCUT2D eigenvalue weighted by Crippen LogP contribution is 2.49. The predicted molar refractivity (Wildman–Crippen MR) is 128 cm³/mol. The Morgan fingerprint density at radius 2 is 1.67 bits per heavy atom. The summed E-state index contributed by atoms with van der Waals surface area (Å²) >= 11 is 0. The van der Waals surface area contributed by atoms with Gasteiger partial charge < -0.3 is 14.4 Å². The standard InChI is InChI=1S/C22H31F4N2O9PS/c1-3-34-38(30,35-4-2)36-15-19(22(24,25)26)37-20(29)27-11-9-21(10-12-27)16-28(13-14-33-21)39(31,32)18-7-5-17(23)6-8-18/h5-8,19H,3-4,9-16H2,1-2H3/t19-/m1/s1. The van der Waals surface area contributed by atoms with Crippen molar-refractivity contribution < 1.29 is 58.4 Å². The lowest BCUT2D eigenvalue weighted by atomic mass is 9.90. The zero-order chi connectivity index (χ0) is 28.9. The molecule has 1 aromatic rings. The number of nitrogens with zero attached hydrogens (tertiary/aromatic N) is 2. The number of rotatable bonds is 10. The molecule has 0 unspecified atom stereocenters. The SMILES string of the molecule is CCOP(=O)(OCC)OC[C@@H](OC(=O)N1CCC2(CC1)CN(S(=O)(=O)c1ccc(F)cc1)CCO2)C(F)(F)F. The third-order valence-corrected chi connectivity index (χ3v) is 9.64.